The summed E-state index contributed by atoms with van der Waals surface area (Å²) in [5.41, 5.74) is -1.29. The smallest absolute Gasteiger partial charge is 0.168 e. The molecule has 2 nitrogen and oxygen atoms in total. The molecule has 17 heavy (non-hydrogen) atoms. The fraction of sp³-hybridized carbons (Fsp3) is 0.273. The highest BCUT2D eigenvalue weighted by atomic mass is 19.2. The first kappa shape index (κ1) is 13.5. The summed E-state index contributed by atoms with van der Waals surface area (Å²) in [5, 5.41) is 3.41. The van der Waals surface area contributed by atoms with Crippen LogP contribution in [0.4, 0.5) is 17.6 Å². The zero-order valence-electron chi connectivity index (χ0n) is 9.28. The molecule has 0 saturated heterocycles. The third-order valence-electron chi connectivity index (χ3n) is 1.90. The van der Waals surface area contributed by atoms with Crippen molar-refractivity contribution in [3.05, 3.63) is 41.3 Å². The van der Waals surface area contributed by atoms with Gasteiger partial charge in [0, 0.05) is 5.56 Å². The Labute approximate surface area is 95.9 Å². The number of hydrogen-bond acceptors (Lipinski definition) is 2. The van der Waals surface area contributed by atoms with Gasteiger partial charge in [0.05, 0.1) is 11.3 Å². The summed E-state index contributed by atoms with van der Waals surface area (Å²) in [6, 6.07) is 0. The number of rotatable bonds is 3. The molecule has 0 bridgehead atoms. The standard InChI is InChI=1S/C11H10F4NO/c1-5(2)16-17-4-7-10(14)8(12)6(3)9(13)11(7)15/h3-4H2,1-2H3. The second kappa shape index (κ2) is 5.16. The van der Waals surface area contributed by atoms with Crippen molar-refractivity contribution in [2.75, 3.05) is 0 Å². The molecule has 0 aliphatic rings. The number of nitrogens with zero attached hydrogens (tertiary/aromatic N) is 1. The minimum Gasteiger partial charge on any atom is -0.391 e. The molecule has 0 N–H and O–H groups in total. The minimum absolute atomic E-state index is 0.500. The first-order valence-corrected chi connectivity index (χ1v) is 4.66. The van der Waals surface area contributed by atoms with Crippen LogP contribution >= 0.6 is 0 Å². The highest BCUT2D eigenvalue weighted by molar-refractivity contribution is 5.78. The van der Waals surface area contributed by atoms with Crippen LogP contribution in [0.1, 0.15) is 25.0 Å². The van der Waals surface area contributed by atoms with Gasteiger partial charge in [-0.15, -0.1) is 0 Å². The van der Waals surface area contributed by atoms with Crippen LogP contribution in [-0.2, 0) is 11.4 Å². The third-order valence-corrected chi connectivity index (χ3v) is 1.90. The Hall–Kier alpha value is -1.59. The molecule has 1 aromatic rings. The van der Waals surface area contributed by atoms with E-state index in [1.165, 1.54) is 0 Å². The van der Waals surface area contributed by atoms with Gasteiger partial charge in [0.15, 0.2) is 23.3 Å². The van der Waals surface area contributed by atoms with Crippen molar-refractivity contribution in [1.29, 1.82) is 0 Å². The minimum atomic E-state index is -1.53. The van der Waals surface area contributed by atoms with Crippen LogP contribution in [-0.4, -0.2) is 5.71 Å². The van der Waals surface area contributed by atoms with E-state index in [0.717, 1.165) is 0 Å². The van der Waals surface area contributed by atoms with Crippen molar-refractivity contribution in [3.63, 3.8) is 0 Å². The van der Waals surface area contributed by atoms with Crippen LogP contribution in [0, 0.1) is 30.2 Å². The second-order valence-electron chi connectivity index (χ2n) is 3.52. The molecule has 0 aromatic heterocycles. The predicted octanol–water partition coefficient (Wildman–Crippen LogP) is 3.34. The van der Waals surface area contributed by atoms with E-state index in [0.29, 0.717) is 5.71 Å². The molecule has 1 aromatic carbocycles. The topological polar surface area (TPSA) is 21.6 Å². The monoisotopic (exact) mass is 248 g/mol. The normalized spacial score (nSPS) is 10.3. The average molecular weight is 248 g/mol. The molecule has 1 rings (SSSR count). The Morgan fingerprint density at radius 1 is 1.06 bits per heavy atom. The molecule has 6 heteroatoms. The Kier molecular flexibility index (Phi) is 4.09. The van der Waals surface area contributed by atoms with Gasteiger partial charge < -0.3 is 4.84 Å². The largest absolute Gasteiger partial charge is 0.391 e. The molecule has 0 saturated carbocycles. The van der Waals surface area contributed by atoms with E-state index in [9.17, 15) is 17.6 Å². The average Bonchev–Trinajstić information content (AvgIpc) is 2.28. The van der Waals surface area contributed by atoms with Crippen molar-refractivity contribution >= 4 is 5.71 Å². The van der Waals surface area contributed by atoms with E-state index < -0.39 is 41.0 Å². The highest BCUT2D eigenvalue weighted by Gasteiger charge is 2.23. The van der Waals surface area contributed by atoms with Crippen LogP contribution in [0.25, 0.3) is 0 Å². The second-order valence-corrected chi connectivity index (χ2v) is 3.52. The number of halogens is 4. The number of benzene rings is 1. The molecule has 93 valence electrons. The van der Waals surface area contributed by atoms with Gasteiger partial charge >= 0.3 is 0 Å². The Morgan fingerprint density at radius 2 is 1.53 bits per heavy atom. The van der Waals surface area contributed by atoms with E-state index in [1.807, 2.05) is 0 Å². The molecule has 1 radical (unpaired) electrons. The van der Waals surface area contributed by atoms with Gasteiger partial charge in [-0.1, -0.05) is 5.16 Å². The zero-order valence-corrected chi connectivity index (χ0v) is 9.28. The predicted molar refractivity (Wildman–Crippen MR) is 54.3 cm³/mol. The number of hydrogen-bond donors (Lipinski definition) is 0. The lowest BCUT2D eigenvalue weighted by Crippen LogP contribution is -2.07. The molecule has 0 unspecified atom stereocenters. The van der Waals surface area contributed by atoms with Crippen LogP contribution < -0.4 is 0 Å². The molecule has 0 atom stereocenters. The van der Waals surface area contributed by atoms with Crippen LogP contribution in [0.2, 0.25) is 0 Å². The highest BCUT2D eigenvalue weighted by Crippen LogP contribution is 2.24. The van der Waals surface area contributed by atoms with Gasteiger partial charge in [-0.25, -0.2) is 17.6 Å². The van der Waals surface area contributed by atoms with Gasteiger partial charge in [0.25, 0.3) is 0 Å². The van der Waals surface area contributed by atoms with E-state index in [4.69, 9.17) is 0 Å². The molecular weight excluding hydrogens is 238 g/mol. The summed E-state index contributed by atoms with van der Waals surface area (Å²) in [5.74, 6) is -6.09. The first-order valence-electron chi connectivity index (χ1n) is 4.66. The van der Waals surface area contributed by atoms with E-state index >= 15 is 0 Å². The molecule has 0 heterocycles. The maximum atomic E-state index is 13.3. The summed E-state index contributed by atoms with van der Waals surface area (Å²) in [4.78, 5) is 4.55. The molecule has 0 fully saturated rings. The third kappa shape index (κ3) is 2.75. The summed E-state index contributed by atoms with van der Waals surface area (Å²) < 4.78 is 52.7. The SMILES string of the molecule is [CH2]c1c(F)c(F)c(CON=C(C)C)c(F)c1F. The molecule has 0 spiro atoms. The van der Waals surface area contributed by atoms with Crippen molar-refractivity contribution in [1.82, 2.24) is 0 Å². The molecular formula is C11H10F4NO. The van der Waals surface area contributed by atoms with Crippen LogP contribution in [0.15, 0.2) is 5.16 Å². The van der Waals surface area contributed by atoms with Gasteiger partial charge in [-0.3, -0.25) is 0 Å². The first-order chi connectivity index (χ1) is 7.86. The maximum absolute atomic E-state index is 13.3. The van der Waals surface area contributed by atoms with Crippen LogP contribution in [0.3, 0.4) is 0 Å². The van der Waals surface area contributed by atoms with E-state index in [-0.39, 0.29) is 0 Å². The Morgan fingerprint density at radius 3 is 1.94 bits per heavy atom. The van der Waals surface area contributed by atoms with Crippen molar-refractivity contribution in [3.8, 4) is 0 Å². The fourth-order valence-corrected chi connectivity index (χ4v) is 1.08. The summed E-state index contributed by atoms with van der Waals surface area (Å²) in [6.45, 7) is 5.38. The molecule has 0 aliphatic heterocycles. The quantitative estimate of drug-likeness (QED) is 0.348. The molecule has 0 amide bonds. The van der Waals surface area contributed by atoms with Crippen molar-refractivity contribution in [2.24, 2.45) is 5.16 Å². The Balaban J connectivity index is 3.12. The zero-order chi connectivity index (χ0) is 13.2. The maximum Gasteiger partial charge on any atom is 0.168 e. The lowest BCUT2D eigenvalue weighted by Gasteiger charge is -2.08. The van der Waals surface area contributed by atoms with Gasteiger partial charge in [-0.05, 0) is 20.8 Å². The lowest BCUT2D eigenvalue weighted by atomic mass is 10.1. The van der Waals surface area contributed by atoms with Crippen molar-refractivity contribution in [2.45, 2.75) is 20.5 Å². The van der Waals surface area contributed by atoms with Gasteiger partial charge in [0.1, 0.15) is 6.61 Å². The summed E-state index contributed by atoms with van der Waals surface area (Å²) >= 11 is 0. The fourth-order valence-electron chi connectivity index (χ4n) is 1.08. The van der Waals surface area contributed by atoms with Crippen molar-refractivity contribution < 1.29 is 22.4 Å². The van der Waals surface area contributed by atoms with E-state index in [1.54, 1.807) is 13.8 Å². The van der Waals surface area contributed by atoms with Gasteiger partial charge in [-0.2, -0.15) is 0 Å². The van der Waals surface area contributed by atoms with Crippen LogP contribution in [0.5, 0.6) is 0 Å². The number of oxime groups is 1. The summed E-state index contributed by atoms with van der Waals surface area (Å²) in [6.07, 6.45) is 0. The van der Waals surface area contributed by atoms with Gasteiger partial charge in [0.2, 0.25) is 0 Å². The lowest BCUT2D eigenvalue weighted by molar-refractivity contribution is 0.123. The Bertz CT molecular complexity index is 438. The van der Waals surface area contributed by atoms with E-state index in [2.05, 4.69) is 16.9 Å². The molecule has 0 aliphatic carbocycles. The summed E-state index contributed by atoms with van der Waals surface area (Å²) in [7, 11) is 0.